The molecule has 5 rings (SSSR count). The Bertz CT molecular complexity index is 1410. The average Bonchev–Trinajstić information content (AvgIpc) is 3.42. The van der Waals surface area contributed by atoms with Crippen molar-refractivity contribution in [1.29, 1.82) is 0 Å². The van der Waals surface area contributed by atoms with Crippen molar-refractivity contribution in [3.8, 4) is 11.5 Å². The van der Waals surface area contributed by atoms with E-state index in [2.05, 4.69) is 4.98 Å². The van der Waals surface area contributed by atoms with E-state index >= 15 is 0 Å². The number of ketones is 1. The smallest absolute Gasteiger partial charge is 0.301 e. The van der Waals surface area contributed by atoms with Gasteiger partial charge in [0.05, 0.1) is 30.0 Å². The van der Waals surface area contributed by atoms with Crippen molar-refractivity contribution in [3.05, 3.63) is 89.5 Å². The molecule has 0 bridgehead atoms. The Morgan fingerprint density at radius 2 is 1.71 bits per heavy atom. The molecule has 34 heavy (non-hydrogen) atoms. The van der Waals surface area contributed by atoms with Crippen molar-refractivity contribution in [2.45, 2.75) is 6.04 Å². The topological polar surface area (TPSA) is 89.0 Å². The van der Waals surface area contributed by atoms with Gasteiger partial charge in [-0.15, -0.1) is 0 Å². The number of aliphatic hydroxyl groups is 1. The van der Waals surface area contributed by atoms with Gasteiger partial charge in [-0.2, -0.15) is 0 Å². The molecule has 1 amide bonds. The molecule has 2 heterocycles. The number of fused-ring (bicyclic) bond motifs is 1. The molecule has 3 aromatic carbocycles. The van der Waals surface area contributed by atoms with E-state index < -0.39 is 17.7 Å². The maximum Gasteiger partial charge on any atom is 0.301 e. The van der Waals surface area contributed by atoms with Crippen molar-refractivity contribution in [1.82, 2.24) is 4.98 Å². The highest BCUT2D eigenvalue weighted by atomic mass is 32.1. The number of hydrogen-bond acceptors (Lipinski definition) is 7. The number of para-hydroxylation sites is 1. The maximum absolute atomic E-state index is 13.4. The fraction of sp³-hybridized carbons (Fsp3) is 0.115. The average molecular weight is 473 g/mol. The Hall–Kier alpha value is -4.17. The van der Waals surface area contributed by atoms with Crippen LogP contribution in [0.5, 0.6) is 11.5 Å². The van der Waals surface area contributed by atoms with Gasteiger partial charge < -0.3 is 14.6 Å². The van der Waals surface area contributed by atoms with E-state index in [0.717, 1.165) is 4.70 Å². The molecule has 170 valence electrons. The third-order valence-electron chi connectivity index (χ3n) is 5.71. The standard InChI is InChI=1S/C26H20N2O5S/c1-32-16-12-13-19(33-2)17(14-16)22-21(23(29)15-8-4-3-5-9-15)24(30)25(31)28(22)26-27-18-10-6-7-11-20(18)34-26/h3-14,22,29H,1-2H3/t22-/m1/s1. The van der Waals surface area contributed by atoms with Gasteiger partial charge in [-0.25, -0.2) is 4.98 Å². The van der Waals surface area contributed by atoms with Crippen molar-refractivity contribution < 1.29 is 24.2 Å². The molecule has 1 aliphatic rings. The van der Waals surface area contributed by atoms with Gasteiger partial charge in [0.1, 0.15) is 23.3 Å². The van der Waals surface area contributed by atoms with Crippen LogP contribution in [0.4, 0.5) is 5.13 Å². The highest BCUT2D eigenvalue weighted by molar-refractivity contribution is 7.22. The van der Waals surface area contributed by atoms with Gasteiger partial charge in [-0.05, 0) is 30.3 Å². The summed E-state index contributed by atoms with van der Waals surface area (Å²) in [4.78, 5) is 32.7. The van der Waals surface area contributed by atoms with Gasteiger partial charge in [0.15, 0.2) is 5.13 Å². The first-order chi connectivity index (χ1) is 16.5. The fourth-order valence-electron chi connectivity index (χ4n) is 4.09. The number of thiazole rings is 1. The van der Waals surface area contributed by atoms with E-state index in [-0.39, 0.29) is 11.3 Å². The van der Waals surface area contributed by atoms with E-state index in [1.807, 2.05) is 24.3 Å². The molecule has 1 aromatic heterocycles. The van der Waals surface area contributed by atoms with Gasteiger partial charge in [0, 0.05) is 11.1 Å². The van der Waals surface area contributed by atoms with Gasteiger partial charge in [-0.1, -0.05) is 53.8 Å². The quantitative estimate of drug-likeness (QED) is 0.251. The number of rotatable bonds is 5. The summed E-state index contributed by atoms with van der Waals surface area (Å²) in [6, 6.07) is 20.3. The van der Waals surface area contributed by atoms with E-state index in [9.17, 15) is 14.7 Å². The summed E-state index contributed by atoms with van der Waals surface area (Å²) in [5, 5.41) is 11.6. The summed E-state index contributed by atoms with van der Waals surface area (Å²) < 4.78 is 11.9. The highest BCUT2D eigenvalue weighted by Crippen LogP contribution is 2.47. The zero-order valence-electron chi connectivity index (χ0n) is 18.4. The zero-order chi connectivity index (χ0) is 23.8. The lowest BCUT2D eigenvalue weighted by Gasteiger charge is -2.25. The second kappa shape index (κ2) is 8.64. The lowest BCUT2D eigenvalue weighted by molar-refractivity contribution is -0.132. The number of methoxy groups -OCH3 is 2. The first-order valence-corrected chi connectivity index (χ1v) is 11.3. The largest absolute Gasteiger partial charge is 0.507 e. The van der Waals surface area contributed by atoms with E-state index in [0.29, 0.717) is 33.3 Å². The van der Waals surface area contributed by atoms with Crippen LogP contribution in [-0.2, 0) is 9.59 Å². The number of Topliss-reactive ketones (excluding diaryl/α,β-unsaturated/α-hetero) is 1. The Morgan fingerprint density at radius 1 is 0.971 bits per heavy atom. The number of aromatic nitrogens is 1. The molecule has 1 fully saturated rings. The van der Waals surface area contributed by atoms with Crippen LogP contribution < -0.4 is 14.4 Å². The molecule has 7 nitrogen and oxygen atoms in total. The number of aliphatic hydroxyl groups excluding tert-OH is 1. The second-order valence-corrected chi connectivity index (χ2v) is 8.62. The summed E-state index contributed by atoms with van der Waals surface area (Å²) in [6.07, 6.45) is 0. The van der Waals surface area contributed by atoms with Gasteiger partial charge >= 0.3 is 5.91 Å². The number of hydrogen-bond donors (Lipinski definition) is 1. The summed E-state index contributed by atoms with van der Waals surface area (Å²) >= 11 is 1.30. The summed E-state index contributed by atoms with van der Waals surface area (Å²) in [7, 11) is 3.03. The van der Waals surface area contributed by atoms with Crippen molar-refractivity contribution >= 4 is 44.1 Å². The Morgan fingerprint density at radius 3 is 2.41 bits per heavy atom. The Balaban J connectivity index is 1.79. The number of carbonyl (C=O) groups excluding carboxylic acids is 2. The first kappa shape index (κ1) is 21.7. The lowest BCUT2D eigenvalue weighted by atomic mass is 9.94. The van der Waals surface area contributed by atoms with Crippen molar-refractivity contribution in [2.75, 3.05) is 19.1 Å². The molecule has 1 atom stereocenters. The molecule has 4 aromatic rings. The third-order valence-corrected chi connectivity index (χ3v) is 6.75. The van der Waals surface area contributed by atoms with Crippen molar-refractivity contribution in [3.63, 3.8) is 0 Å². The van der Waals surface area contributed by atoms with Crippen LogP contribution in [0, 0.1) is 0 Å². The second-order valence-electron chi connectivity index (χ2n) is 7.61. The van der Waals surface area contributed by atoms with Crippen LogP contribution in [0.2, 0.25) is 0 Å². The number of carbonyl (C=O) groups is 2. The highest BCUT2D eigenvalue weighted by Gasteiger charge is 2.49. The molecule has 0 radical (unpaired) electrons. The molecular weight excluding hydrogens is 452 g/mol. The normalized spacial score (nSPS) is 17.4. The molecule has 8 heteroatoms. The van der Waals surface area contributed by atoms with Crippen LogP contribution >= 0.6 is 11.3 Å². The summed E-state index contributed by atoms with van der Waals surface area (Å²) in [6.45, 7) is 0. The zero-order valence-corrected chi connectivity index (χ0v) is 19.2. The van der Waals surface area contributed by atoms with Crippen LogP contribution in [-0.4, -0.2) is 36.0 Å². The number of benzene rings is 3. The van der Waals surface area contributed by atoms with E-state index in [1.165, 1.54) is 30.5 Å². The lowest BCUT2D eigenvalue weighted by Crippen LogP contribution is -2.29. The first-order valence-electron chi connectivity index (χ1n) is 10.5. The minimum atomic E-state index is -0.967. The summed E-state index contributed by atoms with van der Waals surface area (Å²) in [5.41, 5.74) is 1.60. The molecule has 1 N–H and O–H groups in total. The molecular formula is C26H20N2O5S. The predicted molar refractivity (Wildman–Crippen MR) is 130 cm³/mol. The number of amides is 1. The maximum atomic E-state index is 13.4. The SMILES string of the molecule is COc1ccc(OC)c([C@@H]2C(=C(O)c3ccccc3)C(=O)C(=O)N2c2nc3ccccc3s2)c1. The predicted octanol–water partition coefficient (Wildman–Crippen LogP) is 4.94. The van der Waals surface area contributed by atoms with Crippen molar-refractivity contribution in [2.24, 2.45) is 0 Å². The molecule has 1 saturated heterocycles. The van der Waals surface area contributed by atoms with Gasteiger partial charge in [0.2, 0.25) is 0 Å². The van der Waals surface area contributed by atoms with E-state index in [4.69, 9.17) is 9.47 Å². The number of nitrogens with zero attached hydrogens (tertiary/aromatic N) is 2. The summed E-state index contributed by atoms with van der Waals surface area (Å²) in [5.74, 6) is -0.873. The molecule has 1 aliphatic heterocycles. The van der Waals surface area contributed by atoms with Gasteiger partial charge in [-0.3, -0.25) is 14.5 Å². The van der Waals surface area contributed by atoms with Crippen LogP contribution in [0.3, 0.4) is 0 Å². The number of anilines is 1. The van der Waals surface area contributed by atoms with Crippen LogP contribution in [0.25, 0.3) is 16.0 Å². The Kier molecular flexibility index (Phi) is 5.51. The monoisotopic (exact) mass is 472 g/mol. The number of ether oxygens (including phenoxy) is 2. The van der Waals surface area contributed by atoms with Crippen LogP contribution in [0.1, 0.15) is 17.2 Å². The minimum Gasteiger partial charge on any atom is -0.507 e. The van der Waals surface area contributed by atoms with Gasteiger partial charge in [0.25, 0.3) is 5.78 Å². The molecule has 0 aliphatic carbocycles. The third kappa shape index (κ3) is 3.48. The minimum absolute atomic E-state index is 0.0398. The molecule has 0 unspecified atom stereocenters. The molecule has 0 spiro atoms. The van der Waals surface area contributed by atoms with E-state index in [1.54, 1.807) is 48.5 Å². The Labute approximate surface area is 199 Å². The van der Waals surface area contributed by atoms with Crippen LogP contribution in [0.15, 0.2) is 78.4 Å². The molecule has 0 saturated carbocycles. The fourth-order valence-corrected chi connectivity index (χ4v) is 5.08.